The topological polar surface area (TPSA) is 58.6 Å². The second kappa shape index (κ2) is 4.82. The Balaban J connectivity index is 2.18. The number of alkyl halides is 1. The van der Waals surface area contributed by atoms with Gasteiger partial charge in [0.1, 0.15) is 5.82 Å². The van der Waals surface area contributed by atoms with E-state index < -0.39 is 0 Å². The number of halogens is 1. The molecule has 0 unspecified atom stereocenters. The average molecular weight is 272 g/mol. The number of H-pyrrole nitrogens is 1. The summed E-state index contributed by atoms with van der Waals surface area (Å²) in [7, 11) is 0. The Morgan fingerprint density at radius 1 is 1.21 bits per heavy atom. The summed E-state index contributed by atoms with van der Waals surface area (Å²) in [4.78, 5) is 22.8. The number of rotatable bonds is 2. The van der Waals surface area contributed by atoms with Crippen LogP contribution in [0, 0.1) is 0 Å². The second-order valence-electron chi connectivity index (χ2n) is 4.13. The Labute approximate surface area is 114 Å². The van der Waals surface area contributed by atoms with Gasteiger partial charge < -0.3 is 4.98 Å². The summed E-state index contributed by atoms with van der Waals surface area (Å²) in [5.41, 5.74) is 2.10. The van der Waals surface area contributed by atoms with Crippen molar-refractivity contribution in [3.8, 4) is 11.4 Å². The lowest BCUT2D eigenvalue weighted by atomic mass is 10.1. The van der Waals surface area contributed by atoms with E-state index in [0.717, 1.165) is 16.5 Å². The highest BCUT2D eigenvalue weighted by molar-refractivity contribution is 6.16. The van der Waals surface area contributed by atoms with Crippen LogP contribution in [-0.4, -0.2) is 15.0 Å². The molecule has 19 heavy (non-hydrogen) atoms. The van der Waals surface area contributed by atoms with E-state index in [-0.39, 0.29) is 11.4 Å². The molecule has 94 valence electrons. The van der Waals surface area contributed by atoms with Crippen molar-refractivity contribution >= 4 is 22.5 Å². The minimum Gasteiger partial charge on any atom is -0.307 e. The molecule has 0 aliphatic rings. The maximum atomic E-state index is 11.5. The second-order valence-corrected chi connectivity index (χ2v) is 4.40. The number of aromatic amines is 1. The molecule has 5 heteroatoms. The fourth-order valence-electron chi connectivity index (χ4n) is 1.94. The van der Waals surface area contributed by atoms with Gasteiger partial charge in [-0.3, -0.25) is 9.78 Å². The lowest BCUT2D eigenvalue weighted by molar-refractivity contribution is 1.06. The number of benzene rings is 1. The standard InChI is InChI=1S/C14H10ClN3O/c15-8-11-7-13(19)18-14(17-11)10-3-4-12-9(6-10)2-1-5-16-12/h1-7H,8H2,(H,17,18,19). The summed E-state index contributed by atoms with van der Waals surface area (Å²) >= 11 is 5.73. The first kappa shape index (κ1) is 11.9. The quantitative estimate of drug-likeness (QED) is 0.729. The highest BCUT2D eigenvalue weighted by Crippen LogP contribution is 2.20. The highest BCUT2D eigenvalue weighted by Gasteiger charge is 2.05. The van der Waals surface area contributed by atoms with Crippen LogP contribution in [0.15, 0.2) is 47.4 Å². The summed E-state index contributed by atoms with van der Waals surface area (Å²) in [5, 5.41) is 0.999. The van der Waals surface area contributed by atoms with Crippen molar-refractivity contribution in [2.45, 2.75) is 5.88 Å². The number of hydrogen-bond donors (Lipinski definition) is 1. The van der Waals surface area contributed by atoms with Gasteiger partial charge in [0.05, 0.1) is 17.1 Å². The molecule has 0 atom stereocenters. The summed E-state index contributed by atoms with van der Waals surface area (Å²) in [6.07, 6.45) is 1.75. The third-order valence-corrected chi connectivity index (χ3v) is 3.08. The van der Waals surface area contributed by atoms with Gasteiger partial charge in [-0.1, -0.05) is 6.07 Å². The lowest BCUT2D eigenvalue weighted by Crippen LogP contribution is -2.09. The molecule has 0 amide bonds. The molecule has 0 aliphatic heterocycles. The number of nitrogens with one attached hydrogen (secondary N) is 1. The van der Waals surface area contributed by atoms with Gasteiger partial charge in [0.15, 0.2) is 0 Å². The maximum Gasteiger partial charge on any atom is 0.251 e. The van der Waals surface area contributed by atoms with E-state index in [1.54, 1.807) is 6.20 Å². The molecule has 2 heterocycles. The van der Waals surface area contributed by atoms with Crippen molar-refractivity contribution in [2.24, 2.45) is 0 Å². The molecule has 0 saturated carbocycles. The van der Waals surface area contributed by atoms with Gasteiger partial charge >= 0.3 is 0 Å². The summed E-state index contributed by atoms with van der Waals surface area (Å²) in [6.45, 7) is 0. The molecule has 0 bridgehead atoms. The molecule has 1 N–H and O–H groups in total. The van der Waals surface area contributed by atoms with Crippen LogP contribution in [0.3, 0.4) is 0 Å². The number of hydrogen-bond acceptors (Lipinski definition) is 3. The van der Waals surface area contributed by atoms with E-state index in [1.165, 1.54) is 6.07 Å². The Morgan fingerprint density at radius 2 is 2.11 bits per heavy atom. The van der Waals surface area contributed by atoms with E-state index >= 15 is 0 Å². The number of nitrogens with zero attached hydrogens (tertiary/aromatic N) is 2. The molecule has 0 radical (unpaired) electrons. The SMILES string of the molecule is O=c1cc(CCl)nc(-c2ccc3ncccc3c2)[nH]1. The van der Waals surface area contributed by atoms with Gasteiger partial charge in [0, 0.05) is 23.2 Å². The number of fused-ring (bicyclic) bond motifs is 1. The fraction of sp³-hybridized carbons (Fsp3) is 0.0714. The predicted molar refractivity (Wildman–Crippen MR) is 75.2 cm³/mol. The van der Waals surface area contributed by atoms with Gasteiger partial charge in [-0.25, -0.2) is 4.98 Å². The summed E-state index contributed by atoms with van der Waals surface area (Å²) in [6, 6.07) is 11.0. The van der Waals surface area contributed by atoms with Crippen LogP contribution < -0.4 is 5.56 Å². The van der Waals surface area contributed by atoms with Crippen LogP contribution in [-0.2, 0) is 5.88 Å². The summed E-state index contributed by atoms with van der Waals surface area (Å²) < 4.78 is 0. The van der Waals surface area contributed by atoms with Crippen molar-refractivity contribution < 1.29 is 0 Å². The van der Waals surface area contributed by atoms with Crippen molar-refractivity contribution in [3.63, 3.8) is 0 Å². The first-order valence-corrected chi connectivity index (χ1v) is 6.31. The monoisotopic (exact) mass is 271 g/mol. The van der Waals surface area contributed by atoms with Crippen molar-refractivity contribution in [1.82, 2.24) is 15.0 Å². The zero-order chi connectivity index (χ0) is 13.2. The molecule has 3 aromatic rings. The highest BCUT2D eigenvalue weighted by atomic mass is 35.5. The fourth-order valence-corrected chi connectivity index (χ4v) is 2.07. The van der Waals surface area contributed by atoms with Crippen molar-refractivity contribution in [2.75, 3.05) is 0 Å². The molecule has 3 rings (SSSR count). The molecule has 0 aliphatic carbocycles. The normalized spacial score (nSPS) is 10.8. The molecular weight excluding hydrogens is 262 g/mol. The van der Waals surface area contributed by atoms with Crippen LogP contribution in [0.2, 0.25) is 0 Å². The smallest absolute Gasteiger partial charge is 0.251 e. The van der Waals surface area contributed by atoms with Crippen LogP contribution in [0.25, 0.3) is 22.3 Å². The van der Waals surface area contributed by atoms with E-state index in [0.29, 0.717) is 11.5 Å². The molecule has 0 spiro atoms. The van der Waals surface area contributed by atoms with Gasteiger partial charge in [-0.05, 0) is 24.3 Å². The maximum absolute atomic E-state index is 11.5. The largest absolute Gasteiger partial charge is 0.307 e. The lowest BCUT2D eigenvalue weighted by Gasteiger charge is -2.04. The van der Waals surface area contributed by atoms with Crippen LogP contribution >= 0.6 is 11.6 Å². The third-order valence-electron chi connectivity index (χ3n) is 2.81. The zero-order valence-corrected chi connectivity index (χ0v) is 10.7. The molecule has 2 aromatic heterocycles. The van der Waals surface area contributed by atoms with Crippen molar-refractivity contribution in [1.29, 1.82) is 0 Å². The van der Waals surface area contributed by atoms with Crippen molar-refractivity contribution in [3.05, 3.63) is 58.6 Å². The minimum atomic E-state index is -0.202. The van der Waals surface area contributed by atoms with E-state index in [9.17, 15) is 4.79 Å². The molecule has 1 aromatic carbocycles. The van der Waals surface area contributed by atoms with Crippen LogP contribution in [0.5, 0.6) is 0 Å². The molecular formula is C14H10ClN3O. The molecule has 0 fully saturated rings. The Bertz CT molecular complexity index is 798. The predicted octanol–water partition coefficient (Wildman–Crippen LogP) is 2.72. The van der Waals surface area contributed by atoms with Gasteiger partial charge in [0.25, 0.3) is 5.56 Å². The Hall–Kier alpha value is -2.20. The van der Waals surface area contributed by atoms with Crippen LogP contribution in [0.4, 0.5) is 0 Å². The average Bonchev–Trinajstić information content (AvgIpc) is 2.46. The van der Waals surface area contributed by atoms with E-state index in [4.69, 9.17) is 11.6 Å². The Kier molecular flexibility index (Phi) is 3.01. The number of pyridine rings is 1. The van der Waals surface area contributed by atoms with Gasteiger partial charge in [-0.15, -0.1) is 11.6 Å². The van der Waals surface area contributed by atoms with Gasteiger partial charge in [0.2, 0.25) is 0 Å². The number of aromatic nitrogens is 3. The van der Waals surface area contributed by atoms with Gasteiger partial charge in [-0.2, -0.15) is 0 Å². The third kappa shape index (κ3) is 2.35. The van der Waals surface area contributed by atoms with E-state index in [2.05, 4.69) is 15.0 Å². The molecule has 0 saturated heterocycles. The summed E-state index contributed by atoms with van der Waals surface area (Å²) in [5.74, 6) is 0.736. The van der Waals surface area contributed by atoms with Crippen LogP contribution in [0.1, 0.15) is 5.69 Å². The zero-order valence-electron chi connectivity index (χ0n) is 9.93. The minimum absolute atomic E-state index is 0.202. The first-order chi connectivity index (χ1) is 9.26. The van der Waals surface area contributed by atoms with E-state index in [1.807, 2.05) is 30.3 Å². The Morgan fingerprint density at radius 3 is 2.95 bits per heavy atom. The molecule has 4 nitrogen and oxygen atoms in total. The first-order valence-electron chi connectivity index (χ1n) is 5.77.